The van der Waals surface area contributed by atoms with Crippen LogP contribution in [-0.4, -0.2) is 123 Å². The normalized spacial score (nSPS) is 22.3. The maximum absolute atomic E-state index is 14.1. The molecule has 2 heterocycles. The second-order valence-electron chi connectivity index (χ2n) is 14.2. The number of H-pyrrole nitrogens is 1. The van der Waals surface area contributed by atoms with Crippen molar-refractivity contribution < 1.29 is 48.9 Å². The third-order valence-corrected chi connectivity index (χ3v) is 9.52. The van der Waals surface area contributed by atoms with Crippen LogP contribution in [0, 0.1) is 11.8 Å². The van der Waals surface area contributed by atoms with E-state index in [1.165, 1.54) is 6.92 Å². The average molecular weight is 789 g/mol. The number of rotatable bonds is 20. The zero-order chi connectivity index (χ0) is 41.7. The van der Waals surface area contributed by atoms with Gasteiger partial charge in [0, 0.05) is 30.1 Å². The van der Waals surface area contributed by atoms with E-state index in [-0.39, 0.29) is 25.3 Å². The highest BCUT2D eigenvalue weighted by Gasteiger charge is 2.43. The Balaban J connectivity index is 1.81. The molecule has 0 saturated carbocycles. The molecule has 310 valence electrons. The van der Waals surface area contributed by atoms with Gasteiger partial charge in [-0.25, -0.2) is 0 Å². The molecule has 1 aromatic carbocycles. The molecule has 0 spiro atoms. The molecule has 56 heavy (non-hydrogen) atoms. The summed E-state index contributed by atoms with van der Waals surface area (Å²) >= 11 is 0. The number of ether oxygens (including phenoxy) is 1. The standard InChI is InChI=1S/C36H56N10O10/c1-6-18(4)27(45-25(47)16-42-56-35-30(50)29(49)28(48)19(5)55-35)34(54)44-24(14-20-15-41-22-11-8-7-10-21(20)22)32(52)46-26(17(2)3)33(53)43-23(31(37)51)12-9-13-40-36(38)39/h7-8,10-11,15-19,23-24,26-30,35,41,48-50H,6,9,12-14H2,1-5H3,(H2,37,51)(H,43,53)(H,44,54)(H,45,47)(H,46,52)(H4,38,39,40)/b42-16+/t18?,19?,23-,24?,26-,27-,28-,29?,30?,35-/m0/s1. The maximum atomic E-state index is 14.1. The Labute approximate surface area is 324 Å². The van der Waals surface area contributed by atoms with Crippen LogP contribution in [0.5, 0.6) is 0 Å². The van der Waals surface area contributed by atoms with Crippen molar-refractivity contribution in [2.45, 2.75) is 115 Å². The van der Waals surface area contributed by atoms with E-state index in [2.05, 4.69) is 36.4 Å². The van der Waals surface area contributed by atoms with E-state index in [1.54, 1.807) is 33.9 Å². The van der Waals surface area contributed by atoms with Crippen LogP contribution in [0.15, 0.2) is 40.6 Å². The molecule has 1 aliphatic heterocycles. The smallest absolute Gasteiger partial charge is 0.266 e. The number of nitrogens with one attached hydrogen (secondary N) is 5. The van der Waals surface area contributed by atoms with Gasteiger partial charge in [0.2, 0.25) is 23.6 Å². The Hall–Kier alpha value is -5.31. The summed E-state index contributed by atoms with van der Waals surface area (Å²) in [5, 5.41) is 45.0. The van der Waals surface area contributed by atoms with Crippen LogP contribution in [0.1, 0.15) is 59.4 Å². The lowest BCUT2D eigenvalue weighted by atomic mass is 9.96. The Morgan fingerprint density at radius 3 is 2.21 bits per heavy atom. The number of primary amides is 1. The van der Waals surface area contributed by atoms with E-state index in [1.807, 2.05) is 24.3 Å². The summed E-state index contributed by atoms with van der Waals surface area (Å²) in [5.74, 6) is -4.78. The molecule has 0 radical (unpaired) electrons. The molecule has 10 atom stereocenters. The molecule has 20 nitrogen and oxygen atoms in total. The minimum atomic E-state index is -1.66. The van der Waals surface area contributed by atoms with Crippen molar-refractivity contribution in [1.82, 2.24) is 26.3 Å². The predicted octanol–water partition coefficient (Wildman–Crippen LogP) is -2.28. The fraction of sp³-hybridized carbons (Fsp3) is 0.583. The molecule has 1 fully saturated rings. The number of carbonyl (C=O) groups is 5. The summed E-state index contributed by atoms with van der Waals surface area (Å²) in [6.07, 6.45) is -3.67. The second-order valence-corrected chi connectivity index (χ2v) is 14.2. The van der Waals surface area contributed by atoms with E-state index >= 15 is 0 Å². The molecule has 14 N–H and O–H groups in total. The molecule has 0 bridgehead atoms. The number of fused-ring (bicyclic) bond motifs is 1. The monoisotopic (exact) mass is 788 g/mol. The zero-order valence-corrected chi connectivity index (χ0v) is 32.2. The number of aliphatic hydroxyl groups is 3. The molecule has 3 rings (SSSR count). The van der Waals surface area contributed by atoms with Crippen LogP contribution in [-0.2, 0) is 40.0 Å². The summed E-state index contributed by atoms with van der Waals surface area (Å²) in [6, 6.07) is 2.72. The fourth-order valence-electron chi connectivity index (χ4n) is 5.96. The number of amides is 5. The van der Waals surface area contributed by atoms with E-state index < -0.39 is 96.2 Å². The first-order valence-electron chi connectivity index (χ1n) is 18.4. The highest BCUT2D eigenvalue weighted by molar-refractivity contribution is 6.26. The Morgan fingerprint density at radius 1 is 0.911 bits per heavy atom. The Bertz CT molecular complexity index is 1710. The number of oxime groups is 1. The van der Waals surface area contributed by atoms with Crippen LogP contribution >= 0.6 is 0 Å². The van der Waals surface area contributed by atoms with Gasteiger partial charge in [0.25, 0.3) is 12.2 Å². The minimum Gasteiger partial charge on any atom is -0.388 e. The molecule has 5 amide bonds. The van der Waals surface area contributed by atoms with Crippen molar-refractivity contribution in [3.05, 3.63) is 36.0 Å². The van der Waals surface area contributed by atoms with E-state index in [9.17, 15) is 39.3 Å². The third-order valence-electron chi connectivity index (χ3n) is 9.52. The second kappa shape index (κ2) is 21.1. The van der Waals surface area contributed by atoms with Gasteiger partial charge >= 0.3 is 0 Å². The van der Waals surface area contributed by atoms with Crippen molar-refractivity contribution in [2.75, 3.05) is 6.54 Å². The van der Waals surface area contributed by atoms with Gasteiger partial charge in [-0.1, -0.05) is 57.5 Å². The number of para-hydroxylation sites is 1. The number of aliphatic hydroxyl groups excluding tert-OH is 3. The highest BCUT2D eigenvalue weighted by atomic mass is 16.8. The number of carbonyl (C=O) groups excluding carboxylic acids is 5. The SMILES string of the molecule is CCC(C)[C@H](NC(=O)/C=N/O[C@@H]1OC(C)[C@H](O)C(O)C1O)C(=O)NC(Cc1c[nH]c2ccccc12)C(=O)N[C@H](C(=O)N[C@@H](CCCN=C(N)N)C(N)=O)C(C)C. The number of benzene rings is 1. The molecular weight excluding hydrogens is 732 g/mol. The third kappa shape index (κ3) is 12.6. The van der Waals surface area contributed by atoms with Gasteiger partial charge in [0.1, 0.15) is 48.7 Å². The number of aromatic nitrogens is 1. The van der Waals surface area contributed by atoms with Gasteiger partial charge in [0.05, 0.1) is 6.10 Å². The average Bonchev–Trinajstić information content (AvgIpc) is 3.56. The molecule has 1 aromatic heterocycles. The minimum absolute atomic E-state index is 0.0120. The highest BCUT2D eigenvalue weighted by Crippen LogP contribution is 2.22. The summed E-state index contributed by atoms with van der Waals surface area (Å²) < 4.78 is 5.30. The number of guanidine groups is 1. The number of nitrogens with zero attached hydrogens (tertiary/aromatic N) is 2. The van der Waals surface area contributed by atoms with E-state index in [4.69, 9.17) is 26.8 Å². The lowest BCUT2D eigenvalue weighted by molar-refractivity contribution is -0.293. The molecule has 2 aromatic rings. The van der Waals surface area contributed by atoms with Crippen LogP contribution < -0.4 is 38.5 Å². The summed E-state index contributed by atoms with van der Waals surface area (Å²) in [7, 11) is 0. The summed E-state index contributed by atoms with van der Waals surface area (Å²) in [6.45, 7) is 8.57. The lowest BCUT2D eigenvalue weighted by Gasteiger charge is -2.37. The van der Waals surface area contributed by atoms with E-state index in [0.29, 0.717) is 24.6 Å². The number of hydrogen-bond acceptors (Lipinski definition) is 12. The topological polar surface area (TPSA) is 331 Å². The van der Waals surface area contributed by atoms with Crippen LogP contribution in [0.3, 0.4) is 0 Å². The van der Waals surface area contributed by atoms with E-state index in [0.717, 1.165) is 10.9 Å². The van der Waals surface area contributed by atoms with Crippen LogP contribution in [0.25, 0.3) is 10.9 Å². The first-order chi connectivity index (χ1) is 26.4. The van der Waals surface area contributed by atoms with Gasteiger partial charge < -0.3 is 68.3 Å². The maximum Gasteiger partial charge on any atom is 0.266 e. The van der Waals surface area contributed by atoms with Crippen LogP contribution in [0.2, 0.25) is 0 Å². The van der Waals surface area contributed by atoms with Crippen molar-refractivity contribution in [3.8, 4) is 0 Å². The van der Waals surface area contributed by atoms with Gasteiger partial charge in [0.15, 0.2) is 5.96 Å². The van der Waals surface area contributed by atoms with Gasteiger partial charge in [-0.3, -0.25) is 29.0 Å². The van der Waals surface area contributed by atoms with Crippen molar-refractivity contribution in [3.63, 3.8) is 0 Å². The number of aromatic amines is 1. The Kier molecular flexibility index (Phi) is 17.0. The van der Waals surface area contributed by atoms with Crippen molar-refractivity contribution in [2.24, 2.45) is 39.2 Å². The fourth-order valence-corrected chi connectivity index (χ4v) is 5.96. The first kappa shape index (κ1) is 45.1. The number of aliphatic imine (C=N–C) groups is 1. The van der Waals surface area contributed by atoms with Gasteiger partial charge in [-0.05, 0) is 43.2 Å². The number of nitrogens with two attached hydrogens (primary N) is 3. The van der Waals surface area contributed by atoms with Gasteiger partial charge in [-0.15, -0.1) is 0 Å². The lowest BCUT2D eigenvalue weighted by Crippen LogP contribution is -2.60. The molecular formula is C36H56N10O10. The van der Waals surface area contributed by atoms with Gasteiger partial charge in [-0.2, -0.15) is 0 Å². The molecule has 1 saturated heterocycles. The number of hydrogen-bond donors (Lipinski definition) is 11. The summed E-state index contributed by atoms with van der Waals surface area (Å²) in [4.78, 5) is 78.8. The first-order valence-corrected chi connectivity index (χ1v) is 18.4. The predicted molar refractivity (Wildman–Crippen MR) is 205 cm³/mol. The molecule has 0 aliphatic carbocycles. The Morgan fingerprint density at radius 2 is 1.57 bits per heavy atom. The quantitative estimate of drug-likeness (QED) is 0.0293. The zero-order valence-electron chi connectivity index (χ0n) is 32.2. The largest absolute Gasteiger partial charge is 0.388 e. The summed E-state index contributed by atoms with van der Waals surface area (Å²) in [5.41, 5.74) is 17.7. The van der Waals surface area contributed by atoms with Crippen LogP contribution in [0.4, 0.5) is 0 Å². The molecule has 5 unspecified atom stereocenters. The van der Waals surface area contributed by atoms with Crippen molar-refractivity contribution >= 4 is 52.6 Å². The molecule has 1 aliphatic rings. The van der Waals surface area contributed by atoms with Crippen molar-refractivity contribution in [1.29, 1.82) is 0 Å². The molecule has 20 heteroatoms.